The van der Waals surface area contributed by atoms with E-state index >= 15 is 0 Å². The average Bonchev–Trinajstić information content (AvgIpc) is 2.87. The minimum Gasteiger partial charge on any atom is -0.293 e. The lowest BCUT2D eigenvalue weighted by atomic mass is 9.68. The fourth-order valence-corrected chi connectivity index (χ4v) is 5.42. The lowest BCUT2D eigenvalue weighted by molar-refractivity contribution is 0.290. The van der Waals surface area contributed by atoms with E-state index in [9.17, 15) is 4.21 Å². The van der Waals surface area contributed by atoms with Crippen molar-refractivity contribution in [3.05, 3.63) is 48.0 Å². The highest BCUT2D eigenvalue weighted by molar-refractivity contribution is 7.84. The maximum atomic E-state index is 12.3. The molecule has 1 N–H and O–H groups in total. The molecule has 0 radical (unpaired) electrons. The second kappa shape index (κ2) is 4.85. The minimum atomic E-state index is -0.959. The van der Waals surface area contributed by atoms with E-state index in [1.54, 1.807) is 0 Å². The van der Waals surface area contributed by atoms with Gasteiger partial charge in [-0.25, -0.2) is 4.21 Å². The van der Waals surface area contributed by atoms with E-state index < -0.39 is 11.0 Å². The van der Waals surface area contributed by atoms with Gasteiger partial charge in [0.15, 0.2) is 0 Å². The van der Waals surface area contributed by atoms with Gasteiger partial charge in [-0.3, -0.25) is 9.71 Å². The zero-order valence-corrected chi connectivity index (χ0v) is 12.1. The first-order chi connectivity index (χ1) is 9.83. The number of rotatable bonds is 2. The number of nitrogens with zero attached hydrogens (tertiary/aromatic N) is 1. The number of allylic oxidation sites excluding steroid dienone is 2. The summed E-state index contributed by atoms with van der Waals surface area (Å²) in [7, 11) is -0.959. The molecule has 1 unspecified atom stereocenters. The molecule has 0 aromatic heterocycles. The summed E-state index contributed by atoms with van der Waals surface area (Å²) >= 11 is 0. The molecule has 4 heteroatoms. The Balaban J connectivity index is 1.60. The number of aliphatic imine (C=N–C) groups is 1. The molecule has 2 bridgehead atoms. The van der Waals surface area contributed by atoms with Crippen molar-refractivity contribution in [3.8, 4) is 0 Å². The van der Waals surface area contributed by atoms with Crippen LogP contribution in [0.2, 0.25) is 0 Å². The van der Waals surface area contributed by atoms with Gasteiger partial charge in [-0.15, -0.1) is 0 Å². The molecule has 5 atom stereocenters. The van der Waals surface area contributed by atoms with Crippen molar-refractivity contribution in [2.75, 3.05) is 0 Å². The van der Waals surface area contributed by atoms with Crippen LogP contribution in [0, 0.1) is 17.8 Å². The van der Waals surface area contributed by atoms with Crippen molar-refractivity contribution >= 4 is 16.8 Å². The van der Waals surface area contributed by atoms with Gasteiger partial charge in [-0.2, -0.15) is 0 Å². The molecule has 3 nitrogen and oxygen atoms in total. The van der Waals surface area contributed by atoms with Gasteiger partial charge >= 0.3 is 0 Å². The summed E-state index contributed by atoms with van der Waals surface area (Å²) in [5.74, 6) is 2.32. The quantitative estimate of drug-likeness (QED) is 0.834. The number of fused-ring (bicyclic) bond motifs is 1. The second-order valence-electron chi connectivity index (χ2n) is 5.87. The van der Waals surface area contributed by atoms with Crippen LogP contribution in [0.1, 0.15) is 18.4 Å². The van der Waals surface area contributed by atoms with E-state index in [0.29, 0.717) is 24.3 Å². The molecule has 1 heterocycles. The topological polar surface area (TPSA) is 41.5 Å². The monoisotopic (exact) mass is 286 g/mol. The molecule has 1 saturated carbocycles. The van der Waals surface area contributed by atoms with Crippen molar-refractivity contribution in [2.24, 2.45) is 22.7 Å². The van der Waals surface area contributed by atoms with E-state index in [1.807, 2.05) is 18.2 Å². The Labute approximate surface area is 121 Å². The molecule has 2 fully saturated rings. The average molecular weight is 286 g/mol. The Morgan fingerprint density at radius 3 is 2.65 bits per heavy atom. The molecule has 3 aliphatic carbocycles. The van der Waals surface area contributed by atoms with E-state index in [2.05, 4.69) is 29.0 Å². The summed E-state index contributed by atoms with van der Waals surface area (Å²) in [5.41, 5.74) is 1.20. The van der Waals surface area contributed by atoms with E-state index in [-0.39, 0.29) is 5.25 Å². The van der Waals surface area contributed by atoms with Crippen LogP contribution in [-0.2, 0) is 17.5 Å². The van der Waals surface area contributed by atoms with Gasteiger partial charge in [0.05, 0.1) is 11.8 Å². The van der Waals surface area contributed by atoms with Crippen LogP contribution in [0.25, 0.3) is 0 Å². The number of hydrogen-bond donors (Lipinski definition) is 1. The smallest absolute Gasteiger partial charge is 0.122 e. The third kappa shape index (κ3) is 1.94. The predicted molar refractivity (Wildman–Crippen MR) is 81.5 cm³/mol. The Bertz CT molecular complexity index is 596. The Morgan fingerprint density at radius 1 is 1.15 bits per heavy atom. The minimum absolute atomic E-state index is 0.244. The Hall–Kier alpha value is -1.42. The van der Waals surface area contributed by atoms with Gasteiger partial charge in [0.25, 0.3) is 0 Å². The lowest BCUT2D eigenvalue weighted by Gasteiger charge is -2.39. The third-order valence-electron chi connectivity index (χ3n) is 4.72. The van der Waals surface area contributed by atoms with Crippen LogP contribution in [0.5, 0.6) is 0 Å². The zero-order chi connectivity index (χ0) is 13.5. The number of nitrogens with one attached hydrogen (secondary N) is 1. The fraction of sp³-hybridized carbons (Fsp3) is 0.438. The highest BCUT2D eigenvalue weighted by Gasteiger charge is 2.50. The van der Waals surface area contributed by atoms with Gasteiger partial charge in [-0.1, -0.05) is 42.5 Å². The van der Waals surface area contributed by atoms with Gasteiger partial charge in [-0.05, 0) is 30.2 Å². The summed E-state index contributed by atoms with van der Waals surface area (Å²) in [5, 5.41) is 0.244. The van der Waals surface area contributed by atoms with E-state index in [0.717, 1.165) is 5.84 Å². The molecule has 20 heavy (non-hydrogen) atoms. The van der Waals surface area contributed by atoms with Crippen molar-refractivity contribution in [1.29, 1.82) is 0 Å². The van der Waals surface area contributed by atoms with Gasteiger partial charge in [0, 0.05) is 5.92 Å². The molecule has 0 spiro atoms. The molecule has 104 valence electrons. The van der Waals surface area contributed by atoms with Gasteiger partial charge in [0.2, 0.25) is 0 Å². The maximum absolute atomic E-state index is 12.3. The summed E-state index contributed by atoms with van der Waals surface area (Å²) < 4.78 is 15.5. The van der Waals surface area contributed by atoms with Crippen molar-refractivity contribution in [1.82, 2.24) is 4.72 Å². The van der Waals surface area contributed by atoms with Crippen LogP contribution in [-0.4, -0.2) is 15.3 Å². The first-order valence-corrected chi connectivity index (χ1v) is 8.48. The SMILES string of the molecule is O=S1NC(=NCc2ccccc2)[C@H]2[C@@H]1[C@H]1C=C[C@@H]2CC1. The second-order valence-corrected chi connectivity index (χ2v) is 7.21. The molecule has 4 aliphatic rings. The fourth-order valence-electron chi connectivity index (χ4n) is 3.73. The van der Waals surface area contributed by atoms with E-state index in [1.165, 1.54) is 18.4 Å². The first kappa shape index (κ1) is 12.3. The first-order valence-electron chi connectivity index (χ1n) is 7.27. The number of amidine groups is 1. The van der Waals surface area contributed by atoms with E-state index in [4.69, 9.17) is 4.99 Å². The highest BCUT2D eigenvalue weighted by Crippen LogP contribution is 2.45. The Morgan fingerprint density at radius 2 is 1.90 bits per heavy atom. The summed E-state index contributed by atoms with van der Waals surface area (Å²) in [6.45, 7) is 0.671. The Kier molecular flexibility index (Phi) is 2.99. The normalized spacial score (nSPS) is 39.8. The molecule has 5 rings (SSSR count). The summed E-state index contributed by atoms with van der Waals surface area (Å²) in [6, 6.07) is 10.2. The molecule has 1 aliphatic heterocycles. The maximum Gasteiger partial charge on any atom is 0.122 e. The lowest BCUT2D eigenvalue weighted by Crippen LogP contribution is -2.41. The summed E-state index contributed by atoms with van der Waals surface area (Å²) in [6.07, 6.45) is 6.99. The summed E-state index contributed by atoms with van der Waals surface area (Å²) in [4.78, 5) is 4.73. The molecule has 1 aromatic carbocycles. The zero-order valence-electron chi connectivity index (χ0n) is 11.2. The van der Waals surface area contributed by atoms with Crippen molar-refractivity contribution in [2.45, 2.75) is 24.6 Å². The number of hydrogen-bond acceptors (Lipinski definition) is 2. The van der Waals surface area contributed by atoms with Crippen LogP contribution < -0.4 is 4.72 Å². The standard InChI is InChI=1S/C16H18N2OS/c19-20-15-13-8-6-12(7-9-13)14(15)16(18-20)17-10-11-4-2-1-3-5-11/h1-6,8,12-15H,7,9-10H2,(H,17,18)/t12-,13+,14-,15+,20?/m1/s1. The van der Waals surface area contributed by atoms with Gasteiger partial charge in [0.1, 0.15) is 16.8 Å². The molecular formula is C16H18N2OS. The van der Waals surface area contributed by atoms with Gasteiger partial charge < -0.3 is 0 Å². The molecular weight excluding hydrogens is 268 g/mol. The molecule has 1 aromatic rings. The number of benzene rings is 1. The molecule has 1 saturated heterocycles. The van der Waals surface area contributed by atoms with Crippen LogP contribution >= 0.6 is 0 Å². The largest absolute Gasteiger partial charge is 0.293 e. The predicted octanol–water partition coefficient (Wildman–Crippen LogP) is 2.43. The molecule has 0 amide bonds. The highest BCUT2D eigenvalue weighted by atomic mass is 32.2. The van der Waals surface area contributed by atoms with Crippen molar-refractivity contribution < 1.29 is 4.21 Å². The van der Waals surface area contributed by atoms with Crippen LogP contribution in [0.15, 0.2) is 47.5 Å². The van der Waals surface area contributed by atoms with Crippen LogP contribution in [0.3, 0.4) is 0 Å². The third-order valence-corrected chi connectivity index (χ3v) is 6.27. The van der Waals surface area contributed by atoms with Crippen LogP contribution in [0.4, 0.5) is 0 Å². The van der Waals surface area contributed by atoms with Crippen molar-refractivity contribution in [3.63, 3.8) is 0 Å².